The predicted molar refractivity (Wildman–Crippen MR) is 106 cm³/mol. The van der Waals surface area contributed by atoms with E-state index in [1.807, 2.05) is 0 Å². The van der Waals surface area contributed by atoms with Crippen LogP contribution in [-0.4, -0.2) is 32.3 Å². The summed E-state index contributed by atoms with van der Waals surface area (Å²) in [6.07, 6.45) is 2.85. The zero-order chi connectivity index (χ0) is 19.9. The maximum absolute atomic E-state index is 12.9. The van der Waals surface area contributed by atoms with Gasteiger partial charge in [-0.05, 0) is 55.5 Å². The Bertz CT molecular complexity index is 930. The number of nitrogens with one attached hydrogen (secondary N) is 2. The molecule has 1 unspecified atom stereocenters. The van der Waals surface area contributed by atoms with Gasteiger partial charge in [0.05, 0.1) is 5.75 Å². The van der Waals surface area contributed by atoms with Crippen molar-refractivity contribution < 1.29 is 14.0 Å². The Morgan fingerprint density at radius 1 is 1.07 bits per heavy atom. The average Bonchev–Trinajstić information content (AvgIpc) is 3.23. The highest BCUT2D eigenvalue weighted by molar-refractivity contribution is 8.00. The third-order valence-corrected chi connectivity index (χ3v) is 4.84. The van der Waals surface area contributed by atoms with Crippen molar-refractivity contribution in [3.8, 4) is 0 Å². The van der Waals surface area contributed by atoms with Crippen LogP contribution in [0.25, 0.3) is 0 Å². The predicted octanol–water partition coefficient (Wildman–Crippen LogP) is 3.35. The minimum Gasteiger partial charge on any atom is -0.325 e. The number of benzene rings is 2. The molecule has 2 aromatic carbocycles. The van der Waals surface area contributed by atoms with Gasteiger partial charge in [-0.3, -0.25) is 9.59 Å². The molecule has 3 rings (SSSR count). The molecular formula is C19H18FN5O2S. The Hall–Kier alpha value is -3.20. The molecule has 0 radical (unpaired) electrons. The van der Waals surface area contributed by atoms with Crippen LogP contribution in [0.5, 0.6) is 0 Å². The molecule has 1 aromatic heterocycles. The van der Waals surface area contributed by atoms with Crippen LogP contribution in [0, 0.1) is 5.82 Å². The van der Waals surface area contributed by atoms with Gasteiger partial charge >= 0.3 is 0 Å². The SMILES string of the molecule is CC(C(=O)Nc1ccc(NC(=O)CSc2ccc(F)cc2)cc1)n1cncn1. The fraction of sp³-hybridized carbons (Fsp3) is 0.158. The minimum absolute atomic E-state index is 0.175. The third-order valence-electron chi connectivity index (χ3n) is 3.83. The molecule has 1 heterocycles. The quantitative estimate of drug-likeness (QED) is 0.595. The standard InChI is InChI=1S/C19H18FN5O2S/c1-13(25-12-21-11-22-25)19(27)24-16-6-4-15(5-7-16)23-18(26)10-28-17-8-2-14(20)3-9-17/h2-9,11-13H,10H2,1H3,(H,23,26)(H,24,27). The first-order chi connectivity index (χ1) is 13.5. The van der Waals surface area contributed by atoms with Crippen LogP contribution in [0.1, 0.15) is 13.0 Å². The minimum atomic E-state index is -0.495. The van der Waals surface area contributed by atoms with E-state index in [-0.39, 0.29) is 23.4 Å². The van der Waals surface area contributed by atoms with Crippen molar-refractivity contribution >= 4 is 35.0 Å². The van der Waals surface area contributed by atoms with Crippen LogP contribution in [0.3, 0.4) is 0 Å². The summed E-state index contributed by atoms with van der Waals surface area (Å²) in [5, 5.41) is 9.51. The van der Waals surface area contributed by atoms with Gasteiger partial charge in [-0.2, -0.15) is 5.10 Å². The monoisotopic (exact) mass is 399 g/mol. The molecule has 0 aliphatic rings. The summed E-state index contributed by atoms with van der Waals surface area (Å²) >= 11 is 1.32. The number of carbonyl (C=O) groups is 2. The van der Waals surface area contributed by atoms with Gasteiger partial charge in [0.1, 0.15) is 24.5 Å². The molecule has 28 heavy (non-hydrogen) atoms. The van der Waals surface area contributed by atoms with E-state index in [0.717, 1.165) is 4.90 Å². The fourth-order valence-electron chi connectivity index (χ4n) is 2.30. The first-order valence-electron chi connectivity index (χ1n) is 8.44. The molecule has 144 valence electrons. The van der Waals surface area contributed by atoms with Crippen LogP contribution in [0.15, 0.2) is 66.1 Å². The first-order valence-corrected chi connectivity index (χ1v) is 9.43. The molecule has 2 N–H and O–H groups in total. The van der Waals surface area contributed by atoms with E-state index in [4.69, 9.17) is 0 Å². The maximum atomic E-state index is 12.9. The summed E-state index contributed by atoms with van der Waals surface area (Å²) in [6.45, 7) is 1.72. The smallest absolute Gasteiger partial charge is 0.249 e. The van der Waals surface area contributed by atoms with E-state index < -0.39 is 6.04 Å². The van der Waals surface area contributed by atoms with E-state index >= 15 is 0 Å². The third kappa shape index (κ3) is 5.40. The highest BCUT2D eigenvalue weighted by atomic mass is 32.2. The molecule has 0 saturated carbocycles. The summed E-state index contributed by atoms with van der Waals surface area (Å²) in [5.74, 6) is -0.500. The highest BCUT2D eigenvalue weighted by Gasteiger charge is 2.15. The van der Waals surface area contributed by atoms with Gasteiger partial charge in [-0.1, -0.05) is 0 Å². The zero-order valence-electron chi connectivity index (χ0n) is 15.0. The number of amides is 2. The first kappa shape index (κ1) is 19.6. The van der Waals surface area contributed by atoms with Crippen molar-refractivity contribution in [1.82, 2.24) is 14.8 Å². The zero-order valence-corrected chi connectivity index (χ0v) is 15.8. The van der Waals surface area contributed by atoms with Crippen molar-refractivity contribution in [2.75, 3.05) is 16.4 Å². The number of anilines is 2. The van der Waals surface area contributed by atoms with Crippen LogP contribution in [-0.2, 0) is 9.59 Å². The van der Waals surface area contributed by atoms with Gasteiger partial charge in [0.25, 0.3) is 0 Å². The van der Waals surface area contributed by atoms with E-state index in [0.29, 0.717) is 11.4 Å². The topological polar surface area (TPSA) is 88.9 Å². The van der Waals surface area contributed by atoms with E-state index in [1.54, 1.807) is 43.3 Å². The number of hydrogen-bond acceptors (Lipinski definition) is 5. The summed E-state index contributed by atoms with van der Waals surface area (Å²) in [5.41, 5.74) is 1.22. The molecule has 0 bridgehead atoms. The Labute approximate surface area is 165 Å². The summed E-state index contributed by atoms with van der Waals surface area (Å²) in [4.78, 5) is 28.9. The van der Waals surface area contributed by atoms with Crippen molar-refractivity contribution in [3.63, 3.8) is 0 Å². The number of nitrogens with zero attached hydrogens (tertiary/aromatic N) is 3. The lowest BCUT2D eigenvalue weighted by Crippen LogP contribution is -2.24. The molecule has 9 heteroatoms. The van der Waals surface area contributed by atoms with E-state index in [1.165, 1.54) is 41.2 Å². The molecule has 0 fully saturated rings. The lowest BCUT2D eigenvalue weighted by molar-refractivity contribution is -0.119. The van der Waals surface area contributed by atoms with Crippen molar-refractivity contribution in [2.45, 2.75) is 17.9 Å². The van der Waals surface area contributed by atoms with Crippen molar-refractivity contribution in [3.05, 3.63) is 67.0 Å². The summed E-state index contributed by atoms with van der Waals surface area (Å²) < 4.78 is 14.3. The number of hydrogen-bond donors (Lipinski definition) is 2. The Morgan fingerprint density at radius 3 is 2.32 bits per heavy atom. The number of aromatic nitrogens is 3. The lowest BCUT2D eigenvalue weighted by atomic mass is 10.2. The molecule has 0 spiro atoms. The Morgan fingerprint density at radius 2 is 1.71 bits per heavy atom. The largest absolute Gasteiger partial charge is 0.325 e. The van der Waals surface area contributed by atoms with Crippen LogP contribution in [0.4, 0.5) is 15.8 Å². The number of thioether (sulfide) groups is 1. The van der Waals surface area contributed by atoms with Crippen LogP contribution >= 0.6 is 11.8 Å². The van der Waals surface area contributed by atoms with Crippen molar-refractivity contribution in [1.29, 1.82) is 0 Å². The highest BCUT2D eigenvalue weighted by Crippen LogP contribution is 2.19. The Balaban J connectivity index is 1.49. The molecule has 0 saturated heterocycles. The second-order valence-corrected chi connectivity index (χ2v) is 6.96. The molecule has 7 nitrogen and oxygen atoms in total. The average molecular weight is 399 g/mol. The van der Waals surface area contributed by atoms with Crippen LogP contribution < -0.4 is 10.6 Å². The molecular weight excluding hydrogens is 381 g/mol. The van der Waals surface area contributed by atoms with Crippen LogP contribution in [0.2, 0.25) is 0 Å². The number of halogens is 1. The van der Waals surface area contributed by atoms with E-state index in [9.17, 15) is 14.0 Å². The molecule has 2 amide bonds. The maximum Gasteiger partial charge on any atom is 0.249 e. The second kappa shape index (κ2) is 9.14. The van der Waals surface area contributed by atoms with Gasteiger partial charge in [0.15, 0.2) is 0 Å². The van der Waals surface area contributed by atoms with E-state index in [2.05, 4.69) is 20.7 Å². The fourth-order valence-corrected chi connectivity index (χ4v) is 3.00. The normalized spacial score (nSPS) is 11.6. The summed E-state index contributed by atoms with van der Waals surface area (Å²) in [7, 11) is 0. The van der Waals surface area contributed by atoms with Gasteiger partial charge in [-0.25, -0.2) is 14.1 Å². The molecule has 3 aromatic rings. The van der Waals surface area contributed by atoms with Crippen molar-refractivity contribution in [2.24, 2.45) is 0 Å². The Kier molecular flexibility index (Phi) is 6.38. The lowest BCUT2D eigenvalue weighted by Gasteiger charge is -2.12. The molecule has 1 atom stereocenters. The van der Waals surface area contributed by atoms with Gasteiger partial charge < -0.3 is 10.6 Å². The molecule has 0 aliphatic heterocycles. The molecule has 0 aliphatic carbocycles. The second-order valence-electron chi connectivity index (χ2n) is 5.91. The number of rotatable bonds is 7. The summed E-state index contributed by atoms with van der Waals surface area (Å²) in [6, 6.07) is 12.3. The van der Waals surface area contributed by atoms with Gasteiger partial charge in [0, 0.05) is 16.3 Å². The van der Waals surface area contributed by atoms with Gasteiger partial charge in [-0.15, -0.1) is 11.8 Å². The number of carbonyl (C=O) groups excluding carboxylic acids is 2. The van der Waals surface area contributed by atoms with Gasteiger partial charge in [0.2, 0.25) is 11.8 Å².